The second-order valence-electron chi connectivity index (χ2n) is 5.18. The van der Waals surface area contributed by atoms with Crippen molar-refractivity contribution >= 4 is 28.6 Å². The van der Waals surface area contributed by atoms with E-state index in [0.717, 1.165) is 28.6 Å². The molecule has 4 nitrogen and oxygen atoms in total. The molecular weight excluding hydrogens is 296 g/mol. The monoisotopic (exact) mass is 312 g/mol. The van der Waals surface area contributed by atoms with Crippen molar-refractivity contribution in [1.29, 1.82) is 0 Å². The molecule has 22 heavy (non-hydrogen) atoms. The van der Waals surface area contributed by atoms with Crippen LogP contribution in [-0.2, 0) is 11.3 Å². The molecule has 2 amide bonds. The number of para-hydroxylation sites is 1. The number of carbonyl (C=O) groups is 2. The zero-order chi connectivity index (χ0) is 15.5. The lowest BCUT2D eigenvalue weighted by Gasteiger charge is -2.15. The quantitative estimate of drug-likeness (QED) is 0.936. The molecule has 1 aliphatic rings. The van der Waals surface area contributed by atoms with Gasteiger partial charge in [0.2, 0.25) is 0 Å². The molecule has 5 heteroatoms. The van der Waals surface area contributed by atoms with Crippen LogP contribution in [0.25, 0.3) is 0 Å². The molecule has 1 atom stereocenters. The van der Waals surface area contributed by atoms with Gasteiger partial charge in [-0.3, -0.25) is 14.5 Å². The third-order valence-electron chi connectivity index (χ3n) is 3.46. The number of hydrogen-bond acceptors (Lipinski definition) is 4. The summed E-state index contributed by atoms with van der Waals surface area (Å²) in [4.78, 5) is 25.8. The minimum absolute atomic E-state index is 0.195. The first-order valence-electron chi connectivity index (χ1n) is 7.02. The lowest BCUT2D eigenvalue weighted by atomic mass is 10.1. The van der Waals surface area contributed by atoms with Gasteiger partial charge in [-0.05, 0) is 36.4 Å². The van der Waals surface area contributed by atoms with E-state index in [9.17, 15) is 9.59 Å². The van der Waals surface area contributed by atoms with Crippen LogP contribution in [0.1, 0.15) is 11.1 Å². The predicted octanol–water partition coefficient (Wildman–Crippen LogP) is 3.63. The van der Waals surface area contributed by atoms with E-state index < -0.39 is 5.37 Å². The standard InChI is InChI=1S/C17H16N2O2S/c1-12-7-9-13(10-8-12)11-19-16(20)15(22-17(19)21)18-14-5-3-2-4-6-14/h2-10,15,18H,11H2,1H3/t15-/m0/s1. The van der Waals surface area contributed by atoms with Crippen LogP contribution in [0.4, 0.5) is 10.5 Å². The number of hydrogen-bond donors (Lipinski definition) is 1. The molecule has 0 bridgehead atoms. The van der Waals surface area contributed by atoms with Gasteiger partial charge in [0, 0.05) is 5.69 Å². The Labute approximate surface area is 133 Å². The Morgan fingerprint density at radius 3 is 2.41 bits per heavy atom. The summed E-state index contributed by atoms with van der Waals surface area (Å²) in [5.41, 5.74) is 2.94. The molecule has 0 radical (unpaired) electrons. The molecule has 0 aromatic heterocycles. The number of nitrogens with zero attached hydrogens (tertiary/aromatic N) is 1. The molecule has 1 fully saturated rings. The third-order valence-corrected chi connectivity index (χ3v) is 4.44. The molecule has 1 N–H and O–H groups in total. The Morgan fingerprint density at radius 2 is 1.73 bits per heavy atom. The summed E-state index contributed by atoms with van der Waals surface area (Å²) in [5, 5.41) is 2.33. The van der Waals surface area contributed by atoms with Crippen LogP contribution in [0.2, 0.25) is 0 Å². The molecule has 1 saturated heterocycles. The van der Waals surface area contributed by atoms with E-state index in [0.29, 0.717) is 6.54 Å². The van der Waals surface area contributed by atoms with E-state index in [1.165, 1.54) is 4.90 Å². The number of imide groups is 1. The van der Waals surface area contributed by atoms with Crippen LogP contribution in [0.15, 0.2) is 54.6 Å². The van der Waals surface area contributed by atoms with Crippen molar-refractivity contribution in [2.45, 2.75) is 18.8 Å². The Bertz CT molecular complexity index is 686. The summed E-state index contributed by atoms with van der Waals surface area (Å²) < 4.78 is 0. The van der Waals surface area contributed by atoms with Gasteiger partial charge in [0.1, 0.15) is 0 Å². The van der Waals surface area contributed by atoms with Crippen LogP contribution < -0.4 is 5.32 Å². The SMILES string of the molecule is Cc1ccc(CN2C(=O)S[C@H](Nc3ccccc3)C2=O)cc1. The molecule has 0 unspecified atom stereocenters. The van der Waals surface area contributed by atoms with Crippen molar-refractivity contribution in [3.63, 3.8) is 0 Å². The topological polar surface area (TPSA) is 49.4 Å². The highest BCUT2D eigenvalue weighted by atomic mass is 32.2. The van der Waals surface area contributed by atoms with E-state index in [1.807, 2.05) is 61.5 Å². The van der Waals surface area contributed by atoms with E-state index in [-0.39, 0.29) is 11.1 Å². The number of anilines is 1. The highest BCUT2D eigenvalue weighted by Crippen LogP contribution is 2.29. The van der Waals surface area contributed by atoms with Gasteiger partial charge in [-0.25, -0.2) is 0 Å². The molecule has 2 aromatic rings. The number of aryl methyl sites for hydroxylation is 1. The fourth-order valence-corrected chi connectivity index (χ4v) is 3.15. The second-order valence-corrected chi connectivity index (χ2v) is 6.24. The van der Waals surface area contributed by atoms with Crippen molar-refractivity contribution in [3.8, 4) is 0 Å². The molecule has 0 saturated carbocycles. The summed E-state index contributed by atoms with van der Waals surface area (Å²) >= 11 is 1.03. The molecule has 2 aromatic carbocycles. The average molecular weight is 312 g/mol. The number of thioether (sulfide) groups is 1. The Balaban J connectivity index is 1.70. The van der Waals surface area contributed by atoms with Crippen molar-refractivity contribution in [3.05, 3.63) is 65.7 Å². The zero-order valence-electron chi connectivity index (χ0n) is 12.2. The molecule has 0 aliphatic carbocycles. The van der Waals surface area contributed by atoms with Gasteiger partial charge in [0.15, 0.2) is 5.37 Å². The first-order valence-corrected chi connectivity index (χ1v) is 7.90. The summed E-state index contributed by atoms with van der Waals surface area (Å²) in [6.45, 7) is 2.32. The van der Waals surface area contributed by atoms with Gasteiger partial charge < -0.3 is 5.32 Å². The van der Waals surface area contributed by atoms with E-state index in [2.05, 4.69) is 5.32 Å². The second kappa shape index (κ2) is 6.23. The molecule has 112 valence electrons. The molecule has 3 rings (SSSR count). The maximum absolute atomic E-state index is 12.4. The Morgan fingerprint density at radius 1 is 1.05 bits per heavy atom. The number of amides is 2. The summed E-state index contributed by atoms with van der Waals surface area (Å²) in [6.07, 6.45) is 0. The lowest BCUT2D eigenvalue weighted by molar-refractivity contribution is -0.126. The van der Waals surface area contributed by atoms with Crippen molar-refractivity contribution in [2.24, 2.45) is 0 Å². The third kappa shape index (κ3) is 3.14. The molecule has 0 spiro atoms. The van der Waals surface area contributed by atoms with Crippen LogP contribution in [-0.4, -0.2) is 21.4 Å². The largest absolute Gasteiger partial charge is 0.365 e. The van der Waals surface area contributed by atoms with Crippen molar-refractivity contribution in [1.82, 2.24) is 4.90 Å². The van der Waals surface area contributed by atoms with Crippen LogP contribution in [0, 0.1) is 6.92 Å². The summed E-state index contributed by atoms with van der Waals surface area (Å²) in [6, 6.07) is 17.3. The minimum Gasteiger partial charge on any atom is -0.365 e. The smallest absolute Gasteiger partial charge is 0.291 e. The normalized spacial score (nSPS) is 17.9. The predicted molar refractivity (Wildman–Crippen MR) is 88.6 cm³/mol. The van der Waals surface area contributed by atoms with Crippen LogP contribution in [0.3, 0.4) is 0 Å². The molecular formula is C17H16N2O2S. The lowest BCUT2D eigenvalue weighted by Crippen LogP contribution is -2.33. The zero-order valence-corrected chi connectivity index (χ0v) is 13.0. The highest BCUT2D eigenvalue weighted by molar-refractivity contribution is 8.15. The number of rotatable bonds is 4. The first-order chi connectivity index (χ1) is 10.6. The van der Waals surface area contributed by atoms with Crippen LogP contribution in [0.5, 0.6) is 0 Å². The maximum atomic E-state index is 12.4. The van der Waals surface area contributed by atoms with Gasteiger partial charge in [-0.15, -0.1) is 0 Å². The number of benzene rings is 2. The minimum atomic E-state index is -0.555. The fourth-order valence-electron chi connectivity index (χ4n) is 2.24. The van der Waals surface area contributed by atoms with Gasteiger partial charge in [0.25, 0.3) is 11.1 Å². The number of nitrogens with one attached hydrogen (secondary N) is 1. The van der Waals surface area contributed by atoms with E-state index in [1.54, 1.807) is 0 Å². The number of carbonyl (C=O) groups excluding carboxylic acids is 2. The van der Waals surface area contributed by atoms with Gasteiger partial charge in [-0.2, -0.15) is 0 Å². The van der Waals surface area contributed by atoms with Crippen molar-refractivity contribution in [2.75, 3.05) is 5.32 Å². The maximum Gasteiger partial charge on any atom is 0.291 e. The van der Waals surface area contributed by atoms with E-state index in [4.69, 9.17) is 0 Å². The van der Waals surface area contributed by atoms with Gasteiger partial charge in [0.05, 0.1) is 6.54 Å². The van der Waals surface area contributed by atoms with Crippen molar-refractivity contribution < 1.29 is 9.59 Å². The molecule has 1 aliphatic heterocycles. The van der Waals surface area contributed by atoms with Gasteiger partial charge in [-0.1, -0.05) is 48.0 Å². The van der Waals surface area contributed by atoms with Gasteiger partial charge >= 0.3 is 0 Å². The first kappa shape index (κ1) is 14.7. The van der Waals surface area contributed by atoms with E-state index >= 15 is 0 Å². The fraction of sp³-hybridized carbons (Fsp3) is 0.176. The summed E-state index contributed by atoms with van der Waals surface area (Å²) in [5.74, 6) is -0.195. The highest BCUT2D eigenvalue weighted by Gasteiger charge is 2.39. The average Bonchev–Trinajstić information content (AvgIpc) is 2.78. The Hall–Kier alpha value is -2.27. The Kier molecular flexibility index (Phi) is 4.15. The summed E-state index contributed by atoms with van der Waals surface area (Å²) in [7, 11) is 0. The molecule has 1 heterocycles. The van der Waals surface area contributed by atoms with Crippen LogP contribution >= 0.6 is 11.8 Å².